The Labute approximate surface area is 193 Å². The number of carbonyl (C=O) groups is 1. The molecule has 1 aromatic heterocycles. The zero-order chi connectivity index (χ0) is 23.0. The smallest absolute Gasteiger partial charge is 0.254 e. The average molecular weight is 460 g/mol. The molecule has 0 saturated carbocycles. The number of rotatable bonds is 5. The molecule has 0 bridgehead atoms. The second-order valence-corrected chi connectivity index (χ2v) is 10.6. The van der Waals surface area contributed by atoms with Gasteiger partial charge < -0.3 is 9.88 Å². The highest BCUT2D eigenvalue weighted by atomic mass is 32.2. The fraction of sp³-hybridized carbons (Fsp3) is 0.231. The Hall–Kier alpha value is -3.45. The lowest BCUT2D eigenvalue weighted by atomic mass is 10.1. The van der Waals surface area contributed by atoms with E-state index in [1.54, 1.807) is 35.2 Å². The number of aryl methyl sites for hydroxylation is 1. The van der Waals surface area contributed by atoms with Crippen molar-refractivity contribution in [3.8, 4) is 0 Å². The van der Waals surface area contributed by atoms with E-state index in [1.165, 1.54) is 6.07 Å². The minimum Gasteiger partial charge on any atom is -0.340 e. The van der Waals surface area contributed by atoms with Gasteiger partial charge in [-0.3, -0.25) is 4.79 Å². The van der Waals surface area contributed by atoms with Crippen LogP contribution in [0.1, 0.15) is 46.2 Å². The van der Waals surface area contributed by atoms with Crippen LogP contribution in [0.3, 0.4) is 0 Å². The zero-order valence-electron chi connectivity index (χ0n) is 18.4. The minimum absolute atomic E-state index is 0.101. The number of fused-ring (bicyclic) bond motifs is 1. The molecular weight excluding hydrogens is 434 g/mol. The fourth-order valence-corrected chi connectivity index (χ4v) is 5.85. The Bertz CT molecular complexity index is 1430. The number of nitrogens with zero attached hydrogens (tertiary/aromatic N) is 2. The van der Waals surface area contributed by atoms with Crippen molar-refractivity contribution in [3.63, 3.8) is 0 Å². The summed E-state index contributed by atoms with van der Waals surface area (Å²) < 4.78 is 25.9. The summed E-state index contributed by atoms with van der Waals surface area (Å²) >= 11 is 0. The van der Waals surface area contributed by atoms with Crippen LogP contribution >= 0.6 is 0 Å². The van der Waals surface area contributed by atoms with Crippen molar-refractivity contribution in [2.75, 3.05) is 6.54 Å². The van der Waals surface area contributed by atoms with Gasteiger partial charge in [-0.2, -0.15) is 0 Å². The number of aromatic nitrogens is 2. The summed E-state index contributed by atoms with van der Waals surface area (Å²) in [5.41, 5.74) is 4.07. The van der Waals surface area contributed by atoms with E-state index in [-0.39, 0.29) is 22.6 Å². The molecule has 5 rings (SSSR count). The molecule has 1 fully saturated rings. The fourth-order valence-electron chi connectivity index (χ4n) is 4.46. The number of aromatic amines is 1. The van der Waals surface area contributed by atoms with Crippen molar-refractivity contribution in [3.05, 3.63) is 95.3 Å². The van der Waals surface area contributed by atoms with E-state index >= 15 is 0 Å². The third kappa shape index (κ3) is 4.28. The van der Waals surface area contributed by atoms with Gasteiger partial charge in [0.1, 0.15) is 5.82 Å². The van der Waals surface area contributed by atoms with Crippen molar-refractivity contribution >= 4 is 26.8 Å². The number of amides is 1. The van der Waals surface area contributed by atoms with E-state index < -0.39 is 9.84 Å². The molecule has 168 valence electrons. The van der Waals surface area contributed by atoms with Gasteiger partial charge in [0.25, 0.3) is 5.91 Å². The van der Waals surface area contributed by atoms with Crippen molar-refractivity contribution in [1.82, 2.24) is 14.9 Å². The van der Waals surface area contributed by atoms with Crippen molar-refractivity contribution in [2.45, 2.75) is 36.5 Å². The highest BCUT2D eigenvalue weighted by Crippen LogP contribution is 2.33. The maximum absolute atomic E-state index is 13.4. The number of H-pyrrole nitrogens is 1. The van der Waals surface area contributed by atoms with Gasteiger partial charge in [-0.25, -0.2) is 13.4 Å². The molecular formula is C26H25N3O3S. The third-order valence-corrected chi connectivity index (χ3v) is 7.81. The lowest BCUT2D eigenvalue weighted by molar-refractivity contribution is 0.0730. The highest BCUT2D eigenvalue weighted by Gasteiger charge is 2.33. The maximum Gasteiger partial charge on any atom is 0.254 e. The van der Waals surface area contributed by atoms with Crippen LogP contribution in [0.2, 0.25) is 0 Å². The lowest BCUT2D eigenvalue weighted by Gasteiger charge is -2.23. The molecule has 1 unspecified atom stereocenters. The third-order valence-electron chi connectivity index (χ3n) is 6.12. The molecule has 1 N–H and O–H groups in total. The SMILES string of the molecule is Cc1ccc2nc(C3CCCN3C(=O)c3cccc(S(=O)(=O)Cc4ccccc4)c3)[nH]c2c1. The van der Waals surface area contributed by atoms with E-state index in [1.807, 2.05) is 43.3 Å². The summed E-state index contributed by atoms with van der Waals surface area (Å²) in [6, 6.07) is 21.3. The molecule has 4 aromatic rings. The predicted molar refractivity (Wildman–Crippen MR) is 128 cm³/mol. The molecule has 0 aliphatic carbocycles. The number of hydrogen-bond acceptors (Lipinski definition) is 4. The van der Waals surface area contributed by atoms with Crippen molar-refractivity contribution in [1.29, 1.82) is 0 Å². The molecule has 33 heavy (non-hydrogen) atoms. The Morgan fingerprint density at radius 1 is 1.06 bits per heavy atom. The largest absolute Gasteiger partial charge is 0.340 e. The molecule has 1 atom stereocenters. The maximum atomic E-state index is 13.4. The van der Waals surface area contributed by atoms with Crippen LogP contribution in [0.4, 0.5) is 0 Å². The minimum atomic E-state index is -3.57. The number of likely N-dealkylation sites (tertiary alicyclic amines) is 1. The van der Waals surface area contributed by atoms with Crippen molar-refractivity contribution in [2.24, 2.45) is 0 Å². The number of imidazole rings is 1. The van der Waals surface area contributed by atoms with Crippen LogP contribution in [0.25, 0.3) is 11.0 Å². The van der Waals surface area contributed by atoms with Gasteiger partial charge in [-0.1, -0.05) is 42.5 Å². The van der Waals surface area contributed by atoms with Crippen LogP contribution in [-0.2, 0) is 15.6 Å². The van der Waals surface area contributed by atoms with Crippen LogP contribution in [-0.4, -0.2) is 35.7 Å². The van der Waals surface area contributed by atoms with Gasteiger partial charge in [-0.05, 0) is 61.2 Å². The average Bonchev–Trinajstić information content (AvgIpc) is 3.45. The molecule has 1 saturated heterocycles. The molecule has 1 amide bonds. The summed E-state index contributed by atoms with van der Waals surface area (Å²) in [4.78, 5) is 23.5. The number of hydrogen-bond donors (Lipinski definition) is 1. The first-order valence-corrected chi connectivity index (χ1v) is 12.7. The lowest BCUT2D eigenvalue weighted by Crippen LogP contribution is -2.31. The topological polar surface area (TPSA) is 83.1 Å². The van der Waals surface area contributed by atoms with Crippen LogP contribution in [0.15, 0.2) is 77.7 Å². The Balaban J connectivity index is 1.41. The summed E-state index contributed by atoms with van der Waals surface area (Å²) in [6.07, 6.45) is 1.69. The molecule has 0 radical (unpaired) electrons. The number of benzene rings is 3. The van der Waals surface area contributed by atoms with Gasteiger partial charge in [0.05, 0.1) is 27.7 Å². The number of nitrogens with one attached hydrogen (secondary N) is 1. The summed E-state index contributed by atoms with van der Waals surface area (Å²) in [5, 5.41) is 0. The first-order chi connectivity index (χ1) is 15.9. The quantitative estimate of drug-likeness (QED) is 0.464. The standard InChI is InChI=1S/C26H25N3O3S/c1-18-12-13-22-23(15-18)28-25(27-22)24-11-6-14-29(24)26(30)20-9-5-10-21(16-20)33(31,32)17-19-7-3-2-4-8-19/h2-5,7-10,12-13,15-16,24H,6,11,14,17H2,1H3,(H,27,28). The van der Waals surface area contributed by atoms with Gasteiger partial charge in [0, 0.05) is 12.1 Å². The monoisotopic (exact) mass is 459 g/mol. The molecule has 0 spiro atoms. The van der Waals surface area contributed by atoms with Crippen LogP contribution in [0.5, 0.6) is 0 Å². The van der Waals surface area contributed by atoms with Crippen LogP contribution < -0.4 is 0 Å². The van der Waals surface area contributed by atoms with E-state index in [4.69, 9.17) is 4.98 Å². The van der Waals surface area contributed by atoms with Crippen molar-refractivity contribution < 1.29 is 13.2 Å². The Morgan fingerprint density at radius 2 is 1.88 bits per heavy atom. The zero-order valence-corrected chi connectivity index (χ0v) is 19.2. The first-order valence-electron chi connectivity index (χ1n) is 11.0. The first kappa shape index (κ1) is 21.4. The van der Waals surface area contributed by atoms with E-state index in [9.17, 15) is 13.2 Å². The molecule has 7 heteroatoms. The van der Waals surface area contributed by atoms with Gasteiger partial charge in [0.2, 0.25) is 0 Å². The molecule has 2 heterocycles. The highest BCUT2D eigenvalue weighted by molar-refractivity contribution is 7.90. The van der Waals surface area contributed by atoms with Gasteiger partial charge in [0.15, 0.2) is 9.84 Å². The molecule has 6 nitrogen and oxygen atoms in total. The Kier molecular flexibility index (Phi) is 5.50. The Morgan fingerprint density at radius 3 is 2.70 bits per heavy atom. The summed E-state index contributed by atoms with van der Waals surface area (Å²) in [7, 11) is -3.57. The second kappa shape index (κ2) is 8.48. The predicted octanol–water partition coefficient (Wildman–Crippen LogP) is 4.82. The van der Waals surface area contributed by atoms with E-state index in [0.717, 1.165) is 35.3 Å². The van der Waals surface area contributed by atoms with Gasteiger partial charge >= 0.3 is 0 Å². The van der Waals surface area contributed by atoms with Gasteiger partial charge in [-0.15, -0.1) is 0 Å². The second-order valence-electron chi connectivity index (χ2n) is 8.57. The molecule has 1 aliphatic heterocycles. The number of sulfone groups is 1. The van der Waals surface area contributed by atoms with E-state index in [0.29, 0.717) is 17.7 Å². The summed E-state index contributed by atoms with van der Waals surface area (Å²) in [5.74, 6) is 0.496. The van der Waals surface area contributed by atoms with E-state index in [2.05, 4.69) is 4.98 Å². The number of carbonyl (C=O) groups excluding carboxylic acids is 1. The normalized spacial score (nSPS) is 16.4. The van der Waals surface area contributed by atoms with Crippen LogP contribution in [0, 0.1) is 6.92 Å². The molecule has 3 aromatic carbocycles. The summed E-state index contributed by atoms with van der Waals surface area (Å²) in [6.45, 7) is 2.64. The molecule has 1 aliphatic rings.